The van der Waals surface area contributed by atoms with Crippen LogP contribution < -0.4 is 10.5 Å². The summed E-state index contributed by atoms with van der Waals surface area (Å²) in [5.74, 6) is 0.987. The van der Waals surface area contributed by atoms with Gasteiger partial charge in [0.05, 0.1) is 6.61 Å². The van der Waals surface area contributed by atoms with Crippen molar-refractivity contribution in [3.63, 3.8) is 0 Å². The van der Waals surface area contributed by atoms with Gasteiger partial charge in [0.1, 0.15) is 5.75 Å². The Morgan fingerprint density at radius 1 is 1.00 bits per heavy atom. The van der Waals surface area contributed by atoms with E-state index < -0.39 is 0 Å². The smallest absolute Gasteiger partial charge is 0.122 e. The second-order valence-corrected chi connectivity index (χ2v) is 5.24. The summed E-state index contributed by atoms with van der Waals surface area (Å²) in [7, 11) is 0. The molecule has 0 saturated heterocycles. The van der Waals surface area contributed by atoms with Crippen molar-refractivity contribution in [2.45, 2.75) is 32.2 Å². The van der Waals surface area contributed by atoms with Gasteiger partial charge in [-0.2, -0.15) is 0 Å². The van der Waals surface area contributed by atoms with Crippen molar-refractivity contribution in [3.05, 3.63) is 65.7 Å². The molecule has 0 bridgehead atoms. The highest BCUT2D eigenvalue weighted by Crippen LogP contribution is 2.21. The van der Waals surface area contributed by atoms with E-state index in [9.17, 15) is 0 Å². The third kappa shape index (κ3) is 4.71. The first-order chi connectivity index (χ1) is 9.75. The van der Waals surface area contributed by atoms with Gasteiger partial charge in [0, 0.05) is 12.5 Å². The van der Waals surface area contributed by atoms with E-state index in [2.05, 4.69) is 36.4 Å². The number of rotatable bonds is 7. The SMILES string of the molecule is CC(N)CCCOc1ccccc1Cc1ccccc1. The molecule has 0 aliphatic carbocycles. The van der Waals surface area contributed by atoms with E-state index in [0.29, 0.717) is 0 Å². The molecule has 0 radical (unpaired) electrons. The molecular weight excluding hydrogens is 246 g/mol. The molecule has 2 nitrogen and oxygen atoms in total. The van der Waals surface area contributed by atoms with E-state index in [1.165, 1.54) is 11.1 Å². The van der Waals surface area contributed by atoms with E-state index in [4.69, 9.17) is 10.5 Å². The van der Waals surface area contributed by atoms with Crippen LogP contribution in [0.3, 0.4) is 0 Å². The molecule has 20 heavy (non-hydrogen) atoms. The molecule has 1 atom stereocenters. The first-order valence-corrected chi connectivity index (χ1v) is 7.26. The first-order valence-electron chi connectivity index (χ1n) is 7.26. The summed E-state index contributed by atoms with van der Waals surface area (Å²) in [5.41, 5.74) is 8.29. The standard InChI is InChI=1S/C18H23NO/c1-15(19)8-7-13-20-18-12-6-5-11-17(18)14-16-9-3-2-4-10-16/h2-6,9-12,15H,7-8,13-14,19H2,1H3. The lowest BCUT2D eigenvalue weighted by molar-refractivity contribution is 0.300. The zero-order valence-corrected chi connectivity index (χ0v) is 12.1. The lowest BCUT2D eigenvalue weighted by Crippen LogP contribution is -2.15. The van der Waals surface area contributed by atoms with E-state index in [1.54, 1.807) is 0 Å². The highest BCUT2D eigenvalue weighted by Gasteiger charge is 2.04. The second-order valence-electron chi connectivity index (χ2n) is 5.24. The van der Waals surface area contributed by atoms with Gasteiger partial charge in [0.15, 0.2) is 0 Å². The Morgan fingerprint density at radius 2 is 1.70 bits per heavy atom. The molecule has 0 heterocycles. The molecule has 2 aromatic rings. The van der Waals surface area contributed by atoms with Crippen LogP contribution in [0.15, 0.2) is 54.6 Å². The molecule has 0 saturated carbocycles. The van der Waals surface area contributed by atoms with Crippen LogP contribution in [-0.2, 0) is 6.42 Å². The Balaban J connectivity index is 1.96. The first kappa shape index (κ1) is 14.6. The molecular formula is C18H23NO. The fourth-order valence-electron chi connectivity index (χ4n) is 2.19. The maximum absolute atomic E-state index is 5.90. The molecule has 0 aliphatic heterocycles. The average molecular weight is 269 g/mol. The van der Waals surface area contributed by atoms with Gasteiger partial charge in [-0.05, 0) is 37.0 Å². The number of ether oxygens (including phenoxy) is 1. The van der Waals surface area contributed by atoms with Gasteiger partial charge < -0.3 is 10.5 Å². The van der Waals surface area contributed by atoms with Crippen molar-refractivity contribution in [1.29, 1.82) is 0 Å². The number of nitrogens with two attached hydrogens (primary N) is 1. The van der Waals surface area contributed by atoms with Gasteiger partial charge in [-0.3, -0.25) is 0 Å². The van der Waals surface area contributed by atoms with Gasteiger partial charge in [0.2, 0.25) is 0 Å². The predicted molar refractivity (Wildman–Crippen MR) is 84.1 cm³/mol. The molecule has 2 aromatic carbocycles. The van der Waals surface area contributed by atoms with Crippen molar-refractivity contribution in [2.75, 3.05) is 6.61 Å². The predicted octanol–water partition coefficient (Wildman–Crippen LogP) is 3.78. The lowest BCUT2D eigenvalue weighted by atomic mass is 10.0. The van der Waals surface area contributed by atoms with Gasteiger partial charge in [-0.25, -0.2) is 0 Å². The van der Waals surface area contributed by atoms with Crippen LogP contribution in [0, 0.1) is 0 Å². The maximum Gasteiger partial charge on any atom is 0.122 e. The molecule has 2 N–H and O–H groups in total. The summed E-state index contributed by atoms with van der Waals surface area (Å²) in [6.45, 7) is 2.76. The summed E-state index contributed by atoms with van der Waals surface area (Å²) < 4.78 is 5.90. The molecule has 0 spiro atoms. The minimum absolute atomic E-state index is 0.248. The zero-order valence-electron chi connectivity index (χ0n) is 12.1. The van der Waals surface area contributed by atoms with E-state index >= 15 is 0 Å². The van der Waals surface area contributed by atoms with Crippen molar-refractivity contribution < 1.29 is 4.74 Å². The van der Waals surface area contributed by atoms with Gasteiger partial charge >= 0.3 is 0 Å². The number of hydrogen-bond donors (Lipinski definition) is 1. The quantitative estimate of drug-likeness (QED) is 0.776. The van der Waals surface area contributed by atoms with Gasteiger partial charge in [0.25, 0.3) is 0 Å². The molecule has 0 fully saturated rings. The largest absolute Gasteiger partial charge is 0.493 e. The Labute approximate surface area is 121 Å². The van der Waals surface area contributed by atoms with Crippen molar-refractivity contribution in [3.8, 4) is 5.75 Å². The molecule has 0 aliphatic rings. The molecule has 2 heteroatoms. The van der Waals surface area contributed by atoms with Gasteiger partial charge in [-0.1, -0.05) is 48.5 Å². The third-order valence-electron chi connectivity index (χ3n) is 3.27. The minimum atomic E-state index is 0.248. The Morgan fingerprint density at radius 3 is 2.45 bits per heavy atom. The van der Waals surface area contributed by atoms with Crippen molar-refractivity contribution in [2.24, 2.45) is 5.73 Å². The lowest BCUT2D eigenvalue weighted by Gasteiger charge is -2.12. The van der Waals surface area contributed by atoms with Crippen LogP contribution >= 0.6 is 0 Å². The van der Waals surface area contributed by atoms with Crippen LogP contribution in [-0.4, -0.2) is 12.6 Å². The molecule has 0 amide bonds. The van der Waals surface area contributed by atoms with Crippen LogP contribution in [0.25, 0.3) is 0 Å². The Hall–Kier alpha value is -1.80. The molecule has 2 rings (SSSR count). The summed E-state index contributed by atoms with van der Waals surface area (Å²) >= 11 is 0. The average Bonchev–Trinajstić information content (AvgIpc) is 2.46. The minimum Gasteiger partial charge on any atom is -0.493 e. The third-order valence-corrected chi connectivity index (χ3v) is 3.27. The van der Waals surface area contributed by atoms with Crippen LogP contribution in [0.4, 0.5) is 0 Å². The van der Waals surface area contributed by atoms with E-state index in [1.807, 2.05) is 25.1 Å². The summed E-state index contributed by atoms with van der Waals surface area (Å²) in [6, 6.07) is 19.0. The highest BCUT2D eigenvalue weighted by atomic mass is 16.5. The summed E-state index contributed by atoms with van der Waals surface area (Å²) in [4.78, 5) is 0. The fraction of sp³-hybridized carbons (Fsp3) is 0.333. The van der Waals surface area contributed by atoms with E-state index in [-0.39, 0.29) is 6.04 Å². The highest BCUT2D eigenvalue weighted by molar-refractivity contribution is 5.37. The molecule has 106 valence electrons. The number of para-hydroxylation sites is 1. The number of hydrogen-bond acceptors (Lipinski definition) is 2. The zero-order chi connectivity index (χ0) is 14.2. The topological polar surface area (TPSA) is 35.2 Å². The van der Waals surface area contributed by atoms with Crippen LogP contribution in [0.5, 0.6) is 5.75 Å². The maximum atomic E-state index is 5.90. The Bertz CT molecular complexity index is 508. The summed E-state index contributed by atoms with van der Waals surface area (Å²) in [6.07, 6.45) is 2.91. The van der Waals surface area contributed by atoms with Crippen LogP contribution in [0.1, 0.15) is 30.9 Å². The van der Waals surface area contributed by atoms with Gasteiger partial charge in [-0.15, -0.1) is 0 Å². The monoisotopic (exact) mass is 269 g/mol. The molecule has 0 aromatic heterocycles. The summed E-state index contributed by atoms with van der Waals surface area (Å²) in [5, 5.41) is 0. The van der Waals surface area contributed by atoms with E-state index in [0.717, 1.165) is 31.6 Å². The Kier molecular flexibility index (Phi) is 5.63. The number of benzene rings is 2. The van der Waals surface area contributed by atoms with Crippen molar-refractivity contribution in [1.82, 2.24) is 0 Å². The molecule has 1 unspecified atom stereocenters. The fourth-order valence-corrected chi connectivity index (χ4v) is 2.19. The van der Waals surface area contributed by atoms with Crippen molar-refractivity contribution >= 4 is 0 Å². The second kappa shape index (κ2) is 7.71. The van der Waals surface area contributed by atoms with Crippen LogP contribution in [0.2, 0.25) is 0 Å². The normalized spacial score (nSPS) is 12.1.